The minimum absolute atomic E-state index is 0.153. The summed E-state index contributed by atoms with van der Waals surface area (Å²) in [5.74, 6) is -0.711. The molecule has 0 unspecified atom stereocenters. The molecule has 4 rings (SSSR count). The Morgan fingerprint density at radius 2 is 1.91 bits per heavy atom. The minimum atomic E-state index is -0.574. The third kappa shape index (κ3) is 5.28. The first-order valence-corrected chi connectivity index (χ1v) is 10.9. The average molecular weight is 471 g/mol. The zero-order chi connectivity index (χ0) is 24.2. The summed E-state index contributed by atoms with van der Waals surface area (Å²) in [6.07, 6.45) is 0.744. The number of esters is 1. The molecular formula is C24H26FN3O6. The number of anilines is 2. The molecule has 3 amide bonds. The molecule has 2 aromatic rings. The second kappa shape index (κ2) is 10.1. The van der Waals surface area contributed by atoms with Gasteiger partial charge < -0.3 is 29.7 Å². The van der Waals surface area contributed by atoms with Crippen LogP contribution in [0.1, 0.15) is 29.6 Å². The quantitative estimate of drug-likeness (QED) is 0.662. The second-order valence-corrected chi connectivity index (χ2v) is 8.25. The molecule has 2 N–H and O–H groups in total. The van der Waals surface area contributed by atoms with Crippen molar-refractivity contribution in [3.8, 4) is 5.75 Å². The number of ether oxygens (including phenoxy) is 3. The van der Waals surface area contributed by atoms with E-state index in [1.807, 2.05) is 0 Å². The van der Waals surface area contributed by atoms with E-state index in [-0.39, 0.29) is 43.2 Å². The normalized spacial score (nSPS) is 21.8. The average Bonchev–Trinajstić information content (AvgIpc) is 2.81. The van der Waals surface area contributed by atoms with Crippen LogP contribution in [0.15, 0.2) is 42.5 Å². The number of nitrogens with zero attached hydrogens (tertiary/aromatic N) is 1. The molecule has 0 aliphatic carbocycles. The molecule has 1 fully saturated rings. The number of fused-ring (bicyclic) bond motifs is 2. The van der Waals surface area contributed by atoms with Crippen molar-refractivity contribution in [3.63, 3.8) is 0 Å². The Hall–Kier alpha value is -3.66. The molecule has 0 spiro atoms. The summed E-state index contributed by atoms with van der Waals surface area (Å²) < 4.78 is 30.0. The van der Waals surface area contributed by atoms with Crippen LogP contribution in [0, 0.1) is 5.82 Å². The molecule has 2 aliphatic rings. The number of carbonyl (C=O) groups is 3. The smallest absolute Gasteiger partial charge is 0.323 e. The molecule has 0 bridgehead atoms. The van der Waals surface area contributed by atoms with E-state index in [9.17, 15) is 18.8 Å². The van der Waals surface area contributed by atoms with Crippen molar-refractivity contribution >= 4 is 29.3 Å². The molecule has 10 heteroatoms. The highest BCUT2D eigenvalue weighted by Crippen LogP contribution is 2.32. The van der Waals surface area contributed by atoms with E-state index in [1.165, 1.54) is 25.3 Å². The van der Waals surface area contributed by atoms with E-state index in [2.05, 4.69) is 10.6 Å². The van der Waals surface area contributed by atoms with Crippen LogP contribution < -0.4 is 15.4 Å². The number of carbonyl (C=O) groups excluding carboxylic acids is 3. The Labute approximate surface area is 196 Å². The maximum absolute atomic E-state index is 13.3. The number of hydrogen-bond acceptors (Lipinski definition) is 6. The lowest BCUT2D eigenvalue weighted by Gasteiger charge is -2.42. The number of urea groups is 1. The highest BCUT2D eigenvalue weighted by Gasteiger charge is 2.39. The Bertz CT molecular complexity index is 1090. The number of hydrogen-bond donors (Lipinski definition) is 2. The maximum atomic E-state index is 13.3. The van der Waals surface area contributed by atoms with E-state index in [0.29, 0.717) is 35.5 Å². The topological polar surface area (TPSA) is 106 Å². The van der Waals surface area contributed by atoms with E-state index in [4.69, 9.17) is 14.2 Å². The van der Waals surface area contributed by atoms with Gasteiger partial charge in [0.2, 0.25) is 0 Å². The van der Waals surface area contributed by atoms with Crippen molar-refractivity contribution in [2.75, 3.05) is 31.4 Å². The van der Waals surface area contributed by atoms with Gasteiger partial charge in [-0.25, -0.2) is 9.18 Å². The first kappa shape index (κ1) is 23.5. The molecule has 2 aromatic carbocycles. The van der Waals surface area contributed by atoms with Crippen molar-refractivity contribution < 1.29 is 33.0 Å². The lowest BCUT2D eigenvalue weighted by atomic mass is 9.94. The van der Waals surface area contributed by atoms with Gasteiger partial charge >= 0.3 is 12.0 Å². The fourth-order valence-electron chi connectivity index (χ4n) is 4.23. The predicted molar refractivity (Wildman–Crippen MR) is 121 cm³/mol. The SMILES string of the molecule is COC(=O)C[C@@H]1CC[C@H]2[C@@H](COc3ccc(NC(=O)Nc4cccc(F)c4)cc3C(=O)N2C)O1. The molecule has 180 valence electrons. The molecule has 34 heavy (non-hydrogen) atoms. The van der Waals surface area contributed by atoms with Crippen molar-refractivity contribution in [2.24, 2.45) is 0 Å². The highest BCUT2D eigenvalue weighted by molar-refractivity contribution is 6.02. The van der Waals surface area contributed by atoms with Crippen LogP contribution in [0.2, 0.25) is 0 Å². The number of rotatable bonds is 4. The predicted octanol–water partition coefficient (Wildman–Crippen LogP) is 3.41. The lowest BCUT2D eigenvalue weighted by Crippen LogP contribution is -2.53. The summed E-state index contributed by atoms with van der Waals surface area (Å²) >= 11 is 0. The number of nitrogens with one attached hydrogen (secondary N) is 2. The summed E-state index contributed by atoms with van der Waals surface area (Å²) in [6.45, 7) is 0.208. The van der Waals surface area contributed by atoms with Gasteiger partial charge in [-0.1, -0.05) is 6.07 Å². The van der Waals surface area contributed by atoms with Gasteiger partial charge in [0.05, 0.1) is 31.2 Å². The van der Waals surface area contributed by atoms with Gasteiger partial charge in [-0.3, -0.25) is 9.59 Å². The maximum Gasteiger partial charge on any atom is 0.323 e. The molecular weight excluding hydrogens is 445 g/mol. The van der Waals surface area contributed by atoms with Gasteiger partial charge in [0.25, 0.3) is 5.91 Å². The third-order valence-corrected chi connectivity index (χ3v) is 5.97. The van der Waals surface area contributed by atoms with Crippen molar-refractivity contribution in [1.82, 2.24) is 4.90 Å². The Morgan fingerprint density at radius 3 is 2.65 bits per heavy atom. The first-order valence-electron chi connectivity index (χ1n) is 10.9. The third-order valence-electron chi connectivity index (χ3n) is 5.97. The van der Waals surface area contributed by atoms with Crippen LogP contribution >= 0.6 is 0 Å². The van der Waals surface area contributed by atoms with E-state index in [0.717, 1.165) is 0 Å². The number of likely N-dealkylation sites (N-methyl/N-ethyl adjacent to an activating group) is 1. The number of halogens is 1. The van der Waals surface area contributed by atoms with Crippen LogP contribution in [-0.4, -0.2) is 61.8 Å². The second-order valence-electron chi connectivity index (χ2n) is 8.25. The molecule has 3 atom stereocenters. The molecule has 2 aliphatic heterocycles. The summed E-state index contributed by atoms with van der Waals surface area (Å²) in [4.78, 5) is 38.8. The summed E-state index contributed by atoms with van der Waals surface area (Å²) in [5, 5.41) is 5.20. The Morgan fingerprint density at radius 1 is 1.15 bits per heavy atom. The zero-order valence-corrected chi connectivity index (χ0v) is 18.9. The molecule has 2 heterocycles. The van der Waals surface area contributed by atoms with E-state index in [1.54, 1.807) is 36.2 Å². The Kier molecular flexibility index (Phi) is 6.97. The van der Waals surface area contributed by atoms with Gasteiger partial charge in [0.15, 0.2) is 0 Å². The minimum Gasteiger partial charge on any atom is -0.490 e. The van der Waals surface area contributed by atoms with Gasteiger partial charge in [-0.15, -0.1) is 0 Å². The fraction of sp³-hybridized carbons (Fsp3) is 0.375. The fourth-order valence-corrected chi connectivity index (χ4v) is 4.23. The van der Waals surface area contributed by atoms with E-state index >= 15 is 0 Å². The number of methoxy groups -OCH3 is 1. The van der Waals surface area contributed by atoms with Crippen molar-refractivity contribution in [2.45, 2.75) is 37.5 Å². The molecule has 9 nitrogen and oxygen atoms in total. The summed E-state index contributed by atoms with van der Waals surface area (Å²) in [7, 11) is 3.04. The number of amides is 3. The van der Waals surface area contributed by atoms with Gasteiger partial charge in [0, 0.05) is 18.4 Å². The zero-order valence-electron chi connectivity index (χ0n) is 18.9. The van der Waals surface area contributed by atoms with Crippen LogP contribution in [0.4, 0.5) is 20.6 Å². The lowest BCUT2D eigenvalue weighted by molar-refractivity contribution is -0.151. The molecule has 0 radical (unpaired) electrons. The molecule has 0 saturated carbocycles. The molecule has 1 saturated heterocycles. The van der Waals surface area contributed by atoms with Crippen LogP contribution in [0.3, 0.4) is 0 Å². The summed E-state index contributed by atoms with van der Waals surface area (Å²) in [5.41, 5.74) is 0.992. The van der Waals surface area contributed by atoms with Crippen molar-refractivity contribution in [1.29, 1.82) is 0 Å². The van der Waals surface area contributed by atoms with Crippen LogP contribution in [0.5, 0.6) is 5.75 Å². The number of benzene rings is 2. The largest absolute Gasteiger partial charge is 0.490 e. The van der Waals surface area contributed by atoms with Crippen LogP contribution in [0.25, 0.3) is 0 Å². The van der Waals surface area contributed by atoms with Gasteiger partial charge in [-0.05, 0) is 49.2 Å². The van der Waals surface area contributed by atoms with Gasteiger partial charge in [-0.2, -0.15) is 0 Å². The monoisotopic (exact) mass is 471 g/mol. The van der Waals surface area contributed by atoms with Crippen LogP contribution in [-0.2, 0) is 14.3 Å². The standard InChI is InChI=1S/C24H26FN3O6/c1-28-19-8-7-17(12-22(29)32-2)34-21(19)13-33-20-9-6-16(11-18(20)23(28)30)27-24(31)26-15-5-3-4-14(25)10-15/h3-6,9-11,17,19,21H,7-8,12-13H2,1-2H3,(H2,26,27,31)/t17-,19-,21+/m0/s1. The Balaban J connectivity index is 1.47. The first-order chi connectivity index (χ1) is 16.3. The molecule has 0 aromatic heterocycles. The highest BCUT2D eigenvalue weighted by atomic mass is 19.1. The van der Waals surface area contributed by atoms with Crippen molar-refractivity contribution in [3.05, 3.63) is 53.8 Å². The van der Waals surface area contributed by atoms with E-state index < -0.39 is 11.8 Å². The summed E-state index contributed by atoms with van der Waals surface area (Å²) in [6, 6.07) is 9.50. The van der Waals surface area contributed by atoms with Gasteiger partial charge in [0.1, 0.15) is 24.3 Å².